The van der Waals surface area contributed by atoms with Gasteiger partial charge in [0.25, 0.3) is 0 Å². The van der Waals surface area contributed by atoms with E-state index in [1.807, 2.05) is 0 Å². The Morgan fingerprint density at radius 1 is 0.971 bits per heavy atom. The molecule has 1 aliphatic heterocycles. The van der Waals surface area contributed by atoms with E-state index in [9.17, 15) is 9.18 Å². The van der Waals surface area contributed by atoms with Crippen molar-refractivity contribution < 1.29 is 32.9 Å². The molecule has 0 saturated carbocycles. The van der Waals surface area contributed by atoms with E-state index < -0.39 is 5.82 Å². The third kappa shape index (κ3) is 4.52. The molecule has 6 nitrogen and oxygen atoms in total. The molecule has 1 heterocycles. The van der Waals surface area contributed by atoms with Crippen LogP contribution in [0.4, 0.5) is 4.39 Å². The quantitative estimate of drug-likeness (QED) is 0.383. The van der Waals surface area contributed by atoms with Crippen LogP contribution in [0.25, 0.3) is 6.08 Å². The van der Waals surface area contributed by atoms with Crippen LogP contribution in [0.3, 0.4) is 0 Å². The lowest BCUT2D eigenvalue weighted by Gasteiger charge is -2.12. The number of methoxy groups -OCH3 is 3. The first-order valence-electron chi connectivity index (χ1n) is 10.3. The van der Waals surface area contributed by atoms with Gasteiger partial charge in [-0.1, -0.05) is 17.7 Å². The fourth-order valence-corrected chi connectivity index (χ4v) is 3.89. The summed E-state index contributed by atoms with van der Waals surface area (Å²) in [5.74, 6) is 1.84. The zero-order valence-corrected chi connectivity index (χ0v) is 19.8. The van der Waals surface area contributed by atoms with Crippen molar-refractivity contribution in [2.75, 3.05) is 21.3 Å². The largest absolute Gasteiger partial charge is 0.496 e. The Balaban J connectivity index is 1.62. The second-order valence-electron chi connectivity index (χ2n) is 7.53. The summed E-state index contributed by atoms with van der Waals surface area (Å²) in [6, 6.07) is 10.9. The van der Waals surface area contributed by atoms with Gasteiger partial charge in [0.15, 0.2) is 17.3 Å². The molecule has 176 valence electrons. The number of fused-ring (bicyclic) bond motifs is 1. The molecule has 0 radical (unpaired) electrons. The number of Topliss-reactive ketones (excluding diaryl/α,β-unsaturated/α-hetero) is 1. The average Bonchev–Trinajstić information content (AvgIpc) is 3.13. The molecule has 3 aromatic rings. The molecule has 1 aliphatic rings. The predicted molar refractivity (Wildman–Crippen MR) is 126 cm³/mol. The molecular formula is C26H22ClFO6. The lowest BCUT2D eigenvalue weighted by atomic mass is 10.0. The van der Waals surface area contributed by atoms with E-state index in [4.69, 9.17) is 35.3 Å². The Morgan fingerprint density at radius 2 is 1.68 bits per heavy atom. The average molecular weight is 485 g/mol. The predicted octanol–water partition coefficient (Wildman–Crippen LogP) is 6.01. The lowest BCUT2D eigenvalue weighted by Crippen LogP contribution is -2.01. The van der Waals surface area contributed by atoms with Crippen LogP contribution >= 0.6 is 11.6 Å². The van der Waals surface area contributed by atoms with Crippen molar-refractivity contribution in [1.82, 2.24) is 0 Å². The molecule has 0 unspecified atom stereocenters. The number of halogens is 2. The number of carbonyl (C=O) groups is 1. The van der Waals surface area contributed by atoms with Crippen LogP contribution in [0.2, 0.25) is 5.02 Å². The van der Waals surface area contributed by atoms with Gasteiger partial charge in [-0.2, -0.15) is 0 Å². The number of ether oxygens (including phenoxy) is 5. The summed E-state index contributed by atoms with van der Waals surface area (Å²) in [5, 5.41) is 0.276. The number of allylic oxidation sites excluding steroid dienone is 1. The van der Waals surface area contributed by atoms with E-state index in [2.05, 4.69) is 0 Å². The molecule has 0 aromatic heterocycles. The number of carbonyl (C=O) groups excluding carboxylic acids is 1. The number of benzene rings is 3. The Kier molecular flexibility index (Phi) is 6.65. The van der Waals surface area contributed by atoms with Gasteiger partial charge in [-0.15, -0.1) is 0 Å². The van der Waals surface area contributed by atoms with Crippen molar-refractivity contribution in [3.8, 4) is 28.7 Å². The molecule has 0 amide bonds. The van der Waals surface area contributed by atoms with Crippen molar-refractivity contribution in [3.63, 3.8) is 0 Å². The third-order valence-electron chi connectivity index (χ3n) is 5.38. The molecule has 0 aliphatic carbocycles. The number of rotatable bonds is 7. The second kappa shape index (κ2) is 9.65. The highest BCUT2D eigenvalue weighted by Crippen LogP contribution is 2.40. The summed E-state index contributed by atoms with van der Waals surface area (Å²) in [7, 11) is 4.58. The maximum atomic E-state index is 13.3. The minimum absolute atomic E-state index is 0.136. The molecule has 0 fully saturated rings. The van der Waals surface area contributed by atoms with E-state index in [1.165, 1.54) is 33.5 Å². The van der Waals surface area contributed by atoms with Crippen molar-refractivity contribution in [1.29, 1.82) is 0 Å². The van der Waals surface area contributed by atoms with Crippen molar-refractivity contribution in [2.45, 2.75) is 13.5 Å². The summed E-state index contributed by atoms with van der Waals surface area (Å²) >= 11 is 6.08. The summed E-state index contributed by atoms with van der Waals surface area (Å²) in [6.45, 7) is 1.94. The Bertz CT molecular complexity index is 1300. The van der Waals surface area contributed by atoms with E-state index >= 15 is 0 Å². The standard InChI is InChI=1S/C26H22ClFO6/c1-14-7-18(33-13-15-5-6-17(28)10-19(15)27)11-23-25(14)26(29)24(34-23)9-16-8-21(31-3)22(32-4)12-20(16)30-2/h5-12H,13H2,1-4H3/b24-9-. The molecule has 34 heavy (non-hydrogen) atoms. The van der Waals surface area contributed by atoms with E-state index in [0.29, 0.717) is 51.0 Å². The first-order chi connectivity index (χ1) is 16.3. The maximum Gasteiger partial charge on any atom is 0.232 e. The number of aryl methyl sites for hydroxylation is 1. The summed E-state index contributed by atoms with van der Waals surface area (Å²) in [4.78, 5) is 13.1. The number of hydrogen-bond acceptors (Lipinski definition) is 6. The molecule has 8 heteroatoms. The second-order valence-corrected chi connectivity index (χ2v) is 7.93. The number of hydrogen-bond donors (Lipinski definition) is 0. The van der Waals surface area contributed by atoms with Crippen LogP contribution in [-0.4, -0.2) is 27.1 Å². The summed E-state index contributed by atoms with van der Waals surface area (Å²) in [5.41, 5.74) is 2.39. The minimum Gasteiger partial charge on any atom is -0.496 e. The molecule has 0 saturated heterocycles. The Morgan fingerprint density at radius 3 is 2.35 bits per heavy atom. The van der Waals surface area contributed by atoms with Crippen LogP contribution in [-0.2, 0) is 6.61 Å². The van der Waals surface area contributed by atoms with Gasteiger partial charge in [-0.25, -0.2) is 4.39 Å². The molecule has 3 aromatic carbocycles. The van der Waals surface area contributed by atoms with E-state index in [1.54, 1.807) is 43.3 Å². The molecule has 0 N–H and O–H groups in total. The van der Waals surface area contributed by atoms with Gasteiger partial charge < -0.3 is 23.7 Å². The van der Waals surface area contributed by atoms with Gasteiger partial charge in [0.1, 0.15) is 29.7 Å². The topological polar surface area (TPSA) is 63.2 Å². The Hall–Kier alpha value is -3.71. The van der Waals surface area contributed by atoms with Crippen LogP contribution in [0.5, 0.6) is 28.7 Å². The van der Waals surface area contributed by atoms with E-state index in [0.717, 1.165) is 0 Å². The zero-order chi connectivity index (χ0) is 24.4. The van der Waals surface area contributed by atoms with Crippen molar-refractivity contribution in [2.24, 2.45) is 0 Å². The van der Waals surface area contributed by atoms with Gasteiger partial charge in [0.2, 0.25) is 5.78 Å². The SMILES string of the molecule is COc1cc(OC)c(OC)cc1/C=C1\Oc2cc(OCc3ccc(F)cc3Cl)cc(C)c2C1=O. The van der Waals surface area contributed by atoms with Crippen LogP contribution in [0.1, 0.15) is 27.0 Å². The molecule has 4 rings (SSSR count). The fourth-order valence-electron chi connectivity index (χ4n) is 3.67. The molecule has 0 spiro atoms. The van der Waals surface area contributed by atoms with E-state index in [-0.39, 0.29) is 23.2 Å². The van der Waals surface area contributed by atoms with Gasteiger partial charge in [-0.05, 0) is 42.8 Å². The van der Waals surface area contributed by atoms with Gasteiger partial charge in [-0.3, -0.25) is 4.79 Å². The monoisotopic (exact) mass is 484 g/mol. The molecular weight excluding hydrogens is 463 g/mol. The highest BCUT2D eigenvalue weighted by atomic mass is 35.5. The van der Waals surface area contributed by atoms with Gasteiger partial charge >= 0.3 is 0 Å². The Labute approximate surface area is 201 Å². The number of ketones is 1. The highest BCUT2D eigenvalue weighted by molar-refractivity contribution is 6.31. The first kappa shape index (κ1) is 23.4. The van der Waals surface area contributed by atoms with Crippen molar-refractivity contribution in [3.05, 3.63) is 81.3 Å². The third-order valence-corrected chi connectivity index (χ3v) is 5.73. The minimum atomic E-state index is -0.417. The lowest BCUT2D eigenvalue weighted by molar-refractivity contribution is 0.101. The molecule has 0 bridgehead atoms. The zero-order valence-electron chi connectivity index (χ0n) is 19.0. The molecule has 0 atom stereocenters. The fraction of sp³-hybridized carbons (Fsp3) is 0.192. The van der Waals surface area contributed by atoms with Crippen LogP contribution in [0.15, 0.2) is 48.2 Å². The highest BCUT2D eigenvalue weighted by Gasteiger charge is 2.30. The first-order valence-corrected chi connectivity index (χ1v) is 10.7. The summed E-state index contributed by atoms with van der Waals surface area (Å²) < 4.78 is 41.1. The van der Waals surface area contributed by atoms with Crippen LogP contribution in [0, 0.1) is 12.7 Å². The maximum absolute atomic E-state index is 13.3. The van der Waals surface area contributed by atoms with Crippen molar-refractivity contribution >= 4 is 23.5 Å². The van der Waals surface area contributed by atoms with Gasteiger partial charge in [0.05, 0.1) is 31.9 Å². The van der Waals surface area contributed by atoms with Gasteiger partial charge in [0, 0.05) is 23.3 Å². The summed E-state index contributed by atoms with van der Waals surface area (Å²) in [6.07, 6.45) is 1.60. The van der Waals surface area contributed by atoms with Crippen LogP contribution < -0.4 is 23.7 Å². The smallest absolute Gasteiger partial charge is 0.232 e. The normalized spacial score (nSPS) is 13.5.